The highest BCUT2D eigenvalue weighted by Gasteiger charge is 2.18. The molecular formula is C16H15N3O2. The van der Waals surface area contributed by atoms with E-state index >= 15 is 0 Å². The van der Waals surface area contributed by atoms with Crippen molar-refractivity contribution in [3.63, 3.8) is 0 Å². The Morgan fingerprint density at radius 3 is 2.43 bits per heavy atom. The number of rotatable bonds is 2. The first-order valence-electron chi connectivity index (χ1n) is 6.64. The molecule has 5 heteroatoms. The normalized spacial score (nSPS) is 11.0. The van der Waals surface area contributed by atoms with Crippen LogP contribution < -0.4 is 0 Å². The average Bonchev–Trinajstić information content (AvgIpc) is 2.76. The molecule has 2 aromatic heterocycles. The van der Waals surface area contributed by atoms with Crippen LogP contribution in [0.25, 0.3) is 16.7 Å². The van der Waals surface area contributed by atoms with Gasteiger partial charge in [0.2, 0.25) is 0 Å². The van der Waals surface area contributed by atoms with Crippen molar-refractivity contribution in [3.05, 3.63) is 52.8 Å². The predicted molar refractivity (Wildman–Crippen MR) is 80.0 cm³/mol. The third-order valence-corrected chi connectivity index (χ3v) is 3.45. The number of pyridine rings is 1. The van der Waals surface area contributed by atoms with Gasteiger partial charge in [-0.05, 0) is 39.0 Å². The van der Waals surface area contributed by atoms with Crippen molar-refractivity contribution in [2.45, 2.75) is 20.8 Å². The van der Waals surface area contributed by atoms with E-state index in [-0.39, 0.29) is 5.56 Å². The Balaban J connectivity index is 2.35. The molecule has 3 rings (SSSR count). The fraction of sp³-hybridized carbons (Fsp3) is 0.188. The molecule has 0 aliphatic carbocycles. The van der Waals surface area contributed by atoms with Gasteiger partial charge in [0.05, 0.1) is 22.3 Å². The van der Waals surface area contributed by atoms with Crippen LogP contribution in [0.4, 0.5) is 0 Å². The van der Waals surface area contributed by atoms with Gasteiger partial charge in [-0.25, -0.2) is 14.5 Å². The molecule has 0 unspecified atom stereocenters. The Hall–Kier alpha value is -2.69. The fourth-order valence-corrected chi connectivity index (χ4v) is 2.45. The molecule has 21 heavy (non-hydrogen) atoms. The molecule has 5 nitrogen and oxygen atoms in total. The van der Waals surface area contributed by atoms with Crippen LogP contribution in [0.2, 0.25) is 0 Å². The molecule has 0 aliphatic heterocycles. The van der Waals surface area contributed by atoms with E-state index in [2.05, 4.69) is 10.1 Å². The Bertz CT molecular complexity index is 848. The van der Waals surface area contributed by atoms with E-state index in [4.69, 9.17) is 0 Å². The van der Waals surface area contributed by atoms with Crippen molar-refractivity contribution in [2.24, 2.45) is 0 Å². The van der Waals surface area contributed by atoms with E-state index < -0.39 is 5.97 Å². The second-order valence-corrected chi connectivity index (χ2v) is 5.15. The first-order valence-corrected chi connectivity index (χ1v) is 6.64. The molecule has 3 aromatic rings. The van der Waals surface area contributed by atoms with Crippen molar-refractivity contribution in [1.82, 2.24) is 14.8 Å². The van der Waals surface area contributed by atoms with Crippen LogP contribution in [0.15, 0.2) is 30.3 Å². The van der Waals surface area contributed by atoms with Gasteiger partial charge < -0.3 is 5.11 Å². The van der Waals surface area contributed by atoms with E-state index in [1.807, 2.05) is 31.2 Å². The highest BCUT2D eigenvalue weighted by atomic mass is 16.4. The number of hydrogen-bond acceptors (Lipinski definition) is 3. The largest absolute Gasteiger partial charge is 0.478 e. The smallest absolute Gasteiger partial charge is 0.336 e. The van der Waals surface area contributed by atoms with Gasteiger partial charge in [0.25, 0.3) is 0 Å². The summed E-state index contributed by atoms with van der Waals surface area (Å²) in [5.74, 6) is -0.961. The van der Waals surface area contributed by atoms with Crippen LogP contribution in [-0.2, 0) is 0 Å². The molecule has 0 spiro atoms. The third-order valence-electron chi connectivity index (χ3n) is 3.45. The molecular weight excluding hydrogens is 266 g/mol. The summed E-state index contributed by atoms with van der Waals surface area (Å²) in [6.07, 6.45) is 0. The SMILES string of the molecule is Cc1ccc(-n2nc(C)c3c(C(=O)O)cc(C)nc32)cc1. The van der Waals surface area contributed by atoms with Crippen molar-refractivity contribution in [1.29, 1.82) is 0 Å². The summed E-state index contributed by atoms with van der Waals surface area (Å²) in [7, 11) is 0. The Morgan fingerprint density at radius 2 is 1.81 bits per heavy atom. The zero-order chi connectivity index (χ0) is 15.1. The van der Waals surface area contributed by atoms with Gasteiger partial charge in [0.1, 0.15) is 0 Å². The average molecular weight is 281 g/mol. The molecule has 106 valence electrons. The maximum Gasteiger partial charge on any atom is 0.336 e. The van der Waals surface area contributed by atoms with E-state index in [9.17, 15) is 9.90 Å². The van der Waals surface area contributed by atoms with Crippen molar-refractivity contribution in [3.8, 4) is 5.69 Å². The molecule has 0 saturated carbocycles. The lowest BCUT2D eigenvalue weighted by Crippen LogP contribution is -2.02. The number of aromatic carboxylic acids is 1. The summed E-state index contributed by atoms with van der Waals surface area (Å²) in [5, 5.41) is 14.4. The number of aryl methyl sites for hydroxylation is 3. The highest BCUT2D eigenvalue weighted by molar-refractivity contribution is 6.03. The second-order valence-electron chi connectivity index (χ2n) is 5.15. The molecule has 1 aromatic carbocycles. The number of carboxylic acid groups (broad SMARTS) is 1. The number of fused-ring (bicyclic) bond motifs is 1. The zero-order valence-electron chi connectivity index (χ0n) is 12.1. The monoisotopic (exact) mass is 281 g/mol. The molecule has 0 saturated heterocycles. The minimum absolute atomic E-state index is 0.244. The summed E-state index contributed by atoms with van der Waals surface area (Å²) in [6, 6.07) is 9.47. The maximum atomic E-state index is 11.4. The minimum Gasteiger partial charge on any atom is -0.478 e. The fourth-order valence-electron chi connectivity index (χ4n) is 2.45. The lowest BCUT2D eigenvalue weighted by molar-refractivity contribution is 0.0698. The number of aromatic nitrogens is 3. The Morgan fingerprint density at radius 1 is 1.14 bits per heavy atom. The second kappa shape index (κ2) is 4.70. The van der Waals surface area contributed by atoms with E-state index in [1.54, 1.807) is 24.6 Å². The van der Waals surface area contributed by atoms with Crippen LogP contribution in [0, 0.1) is 20.8 Å². The predicted octanol–water partition coefficient (Wildman–Crippen LogP) is 3.04. The van der Waals surface area contributed by atoms with Crippen LogP contribution in [0.1, 0.15) is 27.3 Å². The summed E-state index contributed by atoms with van der Waals surface area (Å²) >= 11 is 0. The first kappa shape index (κ1) is 13.3. The molecule has 0 fully saturated rings. The molecule has 0 atom stereocenters. The summed E-state index contributed by atoms with van der Waals surface area (Å²) in [4.78, 5) is 15.9. The van der Waals surface area contributed by atoms with Gasteiger partial charge in [-0.1, -0.05) is 17.7 Å². The molecule has 0 aliphatic rings. The van der Waals surface area contributed by atoms with Crippen LogP contribution >= 0.6 is 0 Å². The quantitative estimate of drug-likeness (QED) is 0.784. The lowest BCUT2D eigenvalue weighted by atomic mass is 10.1. The number of benzene rings is 1. The van der Waals surface area contributed by atoms with Crippen molar-refractivity contribution >= 4 is 17.0 Å². The van der Waals surface area contributed by atoms with Gasteiger partial charge in [0.15, 0.2) is 5.65 Å². The molecule has 2 heterocycles. The van der Waals surface area contributed by atoms with Crippen molar-refractivity contribution < 1.29 is 9.90 Å². The number of carboxylic acids is 1. The molecule has 0 bridgehead atoms. The van der Waals surface area contributed by atoms with Gasteiger partial charge in [-0.2, -0.15) is 5.10 Å². The summed E-state index contributed by atoms with van der Waals surface area (Å²) in [6.45, 7) is 5.60. The van der Waals surface area contributed by atoms with Gasteiger partial charge in [-0.3, -0.25) is 0 Å². The number of hydrogen-bond donors (Lipinski definition) is 1. The number of nitrogens with zero attached hydrogens (tertiary/aromatic N) is 3. The standard InChI is InChI=1S/C16H15N3O2/c1-9-4-6-12(7-5-9)19-15-14(11(3)18-19)13(16(20)21)8-10(2)17-15/h4-8H,1-3H3,(H,20,21). The van der Waals surface area contributed by atoms with Crippen LogP contribution in [0.3, 0.4) is 0 Å². The minimum atomic E-state index is -0.961. The zero-order valence-corrected chi connectivity index (χ0v) is 12.1. The molecule has 0 radical (unpaired) electrons. The molecule has 1 N–H and O–H groups in total. The molecule has 0 amide bonds. The van der Waals surface area contributed by atoms with Gasteiger partial charge >= 0.3 is 5.97 Å². The lowest BCUT2D eigenvalue weighted by Gasteiger charge is -2.05. The Labute approximate surface area is 121 Å². The van der Waals surface area contributed by atoms with Gasteiger partial charge in [0, 0.05) is 5.69 Å². The topological polar surface area (TPSA) is 68.0 Å². The van der Waals surface area contributed by atoms with Crippen molar-refractivity contribution in [2.75, 3.05) is 0 Å². The Kier molecular flexibility index (Phi) is 2.97. The third kappa shape index (κ3) is 2.16. The summed E-state index contributed by atoms with van der Waals surface area (Å²) in [5.41, 5.74) is 4.17. The van der Waals surface area contributed by atoms with E-state index in [0.29, 0.717) is 22.4 Å². The van der Waals surface area contributed by atoms with Gasteiger partial charge in [-0.15, -0.1) is 0 Å². The maximum absolute atomic E-state index is 11.4. The van der Waals surface area contributed by atoms with Crippen LogP contribution in [-0.4, -0.2) is 25.8 Å². The van der Waals surface area contributed by atoms with E-state index in [1.165, 1.54) is 0 Å². The highest BCUT2D eigenvalue weighted by Crippen LogP contribution is 2.24. The first-order chi connectivity index (χ1) is 9.97. The summed E-state index contributed by atoms with van der Waals surface area (Å²) < 4.78 is 1.70. The number of carbonyl (C=O) groups is 1. The van der Waals surface area contributed by atoms with Crippen LogP contribution in [0.5, 0.6) is 0 Å². The van der Waals surface area contributed by atoms with E-state index in [0.717, 1.165) is 11.3 Å².